The SMILES string of the molecule is CC(=O)c1c(-c2ccccc2)nn(C)c1N=Nc1c(C(C)(C)C)[nH]n(C)c1=O. The molecule has 0 radical (unpaired) electrons. The Hall–Kier alpha value is -3.29. The first-order valence-corrected chi connectivity index (χ1v) is 8.95. The van der Waals surface area contributed by atoms with Crippen LogP contribution in [0.5, 0.6) is 0 Å². The summed E-state index contributed by atoms with van der Waals surface area (Å²) in [6, 6.07) is 9.43. The molecular formula is C20H24N6O2. The molecule has 3 aromatic rings. The molecule has 28 heavy (non-hydrogen) atoms. The molecule has 0 aliphatic carbocycles. The largest absolute Gasteiger partial charge is 0.297 e. The lowest BCUT2D eigenvalue weighted by molar-refractivity contribution is 0.101. The van der Waals surface area contributed by atoms with Crippen molar-refractivity contribution in [1.82, 2.24) is 19.6 Å². The van der Waals surface area contributed by atoms with E-state index in [1.807, 2.05) is 51.1 Å². The number of hydrogen-bond donors (Lipinski definition) is 1. The zero-order valence-electron chi connectivity index (χ0n) is 16.9. The number of aromatic nitrogens is 4. The number of carbonyl (C=O) groups excluding carboxylic acids is 1. The summed E-state index contributed by atoms with van der Waals surface area (Å²) in [5.74, 6) is 0.147. The van der Waals surface area contributed by atoms with Gasteiger partial charge in [0.15, 0.2) is 17.3 Å². The van der Waals surface area contributed by atoms with Crippen molar-refractivity contribution in [2.75, 3.05) is 0 Å². The van der Waals surface area contributed by atoms with Gasteiger partial charge in [-0.05, 0) is 6.92 Å². The molecule has 0 saturated carbocycles. The monoisotopic (exact) mass is 380 g/mol. The van der Waals surface area contributed by atoms with Gasteiger partial charge < -0.3 is 0 Å². The molecule has 0 amide bonds. The fourth-order valence-electron chi connectivity index (χ4n) is 3.00. The molecule has 0 saturated heterocycles. The van der Waals surface area contributed by atoms with Crippen molar-refractivity contribution in [3.05, 3.63) is 51.9 Å². The third-order valence-corrected chi connectivity index (χ3v) is 4.43. The second-order valence-electron chi connectivity index (χ2n) is 7.74. The third kappa shape index (κ3) is 3.45. The number of rotatable bonds is 4. The van der Waals surface area contributed by atoms with Crippen molar-refractivity contribution in [2.45, 2.75) is 33.1 Å². The van der Waals surface area contributed by atoms with Crippen LogP contribution in [0, 0.1) is 0 Å². The Morgan fingerprint density at radius 3 is 2.32 bits per heavy atom. The van der Waals surface area contributed by atoms with E-state index < -0.39 is 0 Å². The Kier molecular flexibility index (Phi) is 4.89. The number of carbonyl (C=O) groups is 1. The first-order chi connectivity index (χ1) is 13.1. The van der Waals surface area contributed by atoms with Gasteiger partial charge in [-0.25, -0.2) is 4.68 Å². The number of azo groups is 1. The van der Waals surface area contributed by atoms with Crippen LogP contribution in [-0.2, 0) is 19.5 Å². The van der Waals surface area contributed by atoms with E-state index in [-0.39, 0.29) is 22.4 Å². The summed E-state index contributed by atoms with van der Waals surface area (Å²) in [6.45, 7) is 7.42. The molecule has 0 spiro atoms. The van der Waals surface area contributed by atoms with Gasteiger partial charge >= 0.3 is 0 Å². The quantitative estimate of drug-likeness (QED) is 0.546. The second kappa shape index (κ2) is 7.03. The van der Waals surface area contributed by atoms with Gasteiger partial charge in [0, 0.05) is 25.1 Å². The molecule has 1 aromatic carbocycles. The summed E-state index contributed by atoms with van der Waals surface area (Å²) < 4.78 is 2.88. The number of aromatic amines is 1. The van der Waals surface area contributed by atoms with Gasteiger partial charge in [-0.1, -0.05) is 51.1 Å². The Morgan fingerprint density at radius 1 is 1.11 bits per heavy atom. The van der Waals surface area contributed by atoms with Crippen LogP contribution in [0.3, 0.4) is 0 Å². The van der Waals surface area contributed by atoms with Gasteiger partial charge in [0.2, 0.25) is 0 Å². The fourth-order valence-corrected chi connectivity index (χ4v) is 3.00. The van der Waals surface area contributed by atoms with Gasteiger partial charge in [-0.2, -0.15) is 5.10 Å². The summed E-state index contributed by atoms with van der Waals surface area (Å²) in [4.78, 5) is 24.8. The minimum absolute atomic E-state index is 0.168. The number of H-pyrrole nitrogens is 1. The highest BCUT2D eigenvalue weighted by Gasteiger charge is 2.25. The average molecular weight is 380 g/mol. The highest BCUT2D eigenvalue weighted by Crippen LogP contribution is 2.33. The molecule has 0 fully saturated rings. The molecule has 0 bridgehead atoms. The van der Waals surface area contributed by atoms with Crippen molar-refractivity contribution >= 4 is 17.3 Å². The van der Waals surface area contributed by atoms with Crippen LogP contribution >= 0.6 is 0 Å². The number of aryl methyl sites for hydroxylation is 2. The number of nitrogens with zero attached hydrogens (tertiary/aromatic N) is 5. The van der Waals surface area contributed by atoms with Crippen LogP contribution in [-0.4, -0.2) is 25.3 Å². The van der Waals surface area contributed by atoms with E-state index in [1.165, 1.54) is 16.3 Å². The van der Waals surface area contributed by atoms with E-state index in [0.29, 0.717) is 22.8 Å². The average Bonchev–Trinajstić information content (AvgIpc) is 3.11. The first kappa shape index (κ1) is 19.5. The zero-order valence-corrected chi connectivity index (χ0v) is 16.9. The predicted molar refractivity (Wildman–Crippen MR) is 108 cm³/mol. The molecule has 0 aliphatic rings. The maximum absolute atomic E-state index is 12.5. The standard InChI is InChI=1S/C20H24N6O2/c1-12(27)14-15(13-10-8-7-9-11-13)23-25(5)18(14)22-21-16-17(20(2,3)4)24-26(6)19(16)28/h7-11,24H,1-6H3. The topological polar surface area (TPSA) is 97.4 Å². The summed E-state index contributed by atoms with van der Waals surface area (Å²) >= 11 is 0. The summed E-state index contributed by atoms with van der Waals surface area (Å²) in [5.41, 5.74) is 2.05. The maximum Gasteiger partial charge on any atom is 0.294 e. The first-order valence-electron chi connectivity index (χ1n) is 8.95. The molecule has 3 rings (SSSR count). The third-order valence-electron chi connectivity index (χ3n) is 4.43. The Bertz CT molecular complexity index is 1110. The molecule has 0 atom stereocenters. The number of ketones is 1. The van der Waals surface area contributed by atoms with Crippen molar-refractivity contribution < 1.29 is 4.79 Å². The van der Waals surface area contributed by atoms with E-state index in [0.717, 1.165) is 5.56 Å². The second-order valence-corrected chi connectivity index (χ2v) is 7.74. The van der Waals surface area contributed by atoms with Crippen LogP contribution in [0.25, 0.3) is 11.3 Å². The molecule has 0 unspecified atom stereocenters. The molecule has 8 nitrogen and oxygen atoms in total. The number of benzene rings is 1. The molecule has 1 N–H and O–H groups in total. The van der Waals surface area contributed by atoms with E-state index >= 15 is 0 Å². The van der Waals surface area contributed by atoms with Crippen LogP contribution in [0.15, 0.2) is 45.4 Å². The normalized spacial score (nSPS) is 12.1. The van der Waals surface area contributed by atoms with E-state index in [2.05, 4.69) is 20.4 Å². The van der Waals surface area contributed by atoms with E-state index in [4.69, 9.17) is 0 Å². The highest BCUT2D eigenvalue weighted by atomic mass is 16.1. The van der Waals surface area contributed by atoms with Crippen LogP contribution < -0.4 is 5.56 Å². The van der Waals surface area contributed by atoms with Crippen LogP contribution in [0.1, 0.15) is 43.7 Å². The van der Waals surface area contributed by atoms with Gasteiger partial charge in [-0.15, -0.1) is 10.2 Å². The molecular weight excluding hydrogens is 356 g/mol. The Balaban J connectivity index is 2.16. The summed E-state index contributed by atoms with van der Waals surface area (Å²) in [5, 5.41) is 16.0. The highest BCUT2D eigenvalue weighted by molar-refractivity contribution is 6.04. The lowest BCUT2D eigenvalue weighted by atomic mass is 9.91. The molecule has 146 valence electrons. The molecule has 8 heteroatoms. The maximum atomic E-state index is 12.5. The lowest BCUT2D eigenvalue weighted by Crippen LogP contribution is -2.12. The number of nitrogens with one attached hydrogen (secondary N) is 1. The Morgan fingerprint density at radius 2 is 1.75 bits per heavy atom. The van der Waals surface area contributed by atoms with Gasteiger partial charge in [0.25, 0.3) is 5.56 Å². The van der Waals surface area contributed by atoms with Crippen molar-refractivity contribution in [3.63, 3.8) is 0 Å². The smallest absolute Gasteiger partial charge is 0.294 e. The van der Waals surface area contributed by atoms with Gasteiger partial charge in [0.05, 0.1) is 11.3 Å². The van der Waals surface area contributed by atoms with Crippen molar-refractivity contribution in [3.8, 4) is 11.3 Å². The summed E-state index contributed by atoms with van der Waals surface area (Å²) in [7, 11) is 3.34. The molecule has 2 aromatic heterocycles. The van der Waals surface area contributed by atoms with Gasteiger partial charge in [-0.3, -0.25) is 19.4 Å². The van der Waals surface area contributed by atoms with E-state index in [9.17, 15) is 9.59 Å². The predicted octanol–water partition coefficient (Wildman–Crippen LogP) is 4.03. The van der Waals surface area contributed by atoms with Crippen molar-refractivity contribution in [2.24, 2.45) is 24.3 Å². The molecule has 2 heterocycles. The minimum atomic E-state index is -0.320. The Labute approximate surface area is 162 Å². The fraction of sp³-hybridized carbons (Fsp3) is 0.350. The molecule has 0 aliphatic heterocycles. The van der Waals surface area contributed by atoms with Crippen molar-refractivity contribution in [1.29, 1.82) is 0 Å². The van der Waals surface area contributed by atoms with E-state index in [1.54, 1.807) is 14.1 Å². The zero-order chi connectivity index (χ0) is 20.6. The minimum Gasteiger partial charge on any atom is -0.297 e. The van der Waals surface area contributed by atoms with Crippen LogP contribution in [0.4, 0.5) is 11.5 Å². The van der Waals surface area contributed by atoms with Crippen LogP contribution in [0.2, 0.25) is 0 Å². The van der Waals surface area contributed by atoms with Gasteiger partial charge in [0.1, 0.15) is 5.69 Å². The number of hydrogen-bond acceptors (Lipinski definition) is 5. The lowest BCUT2D eigenvalue weighted by Gasteiger charge is -2.16. The number of Topliss-reactive ketones (excluding diaryl/α,β-unsaturated/α-hetero) is 1. The summed E-state index contributed by atoms with van der Waals surface area (Å²) in [6.07, 6.45) is 0.